The zero-order valence-corrected chi connectivity index (χ0v) is 18.0. The average Bonchev–Trinajstić information content (AvgIpc) is 3.32. The van der Waals surface area contributed by atoms with Crippen LogP contribution >= 0.6 is 11.6 Å². The highest BCUT2D eigenvalue weighted by Crippen LogP contribution is 2.20. The molecular formula is C23H19ClFN5O3. The molecule has 1 amide bonds. The van der Waals surface area contributed by atoms with Crippen molar-refractivity contribution < 1.29 is 14.3 Å². The number of carbonyl (C=O) groups excluding carboxylic acids is 1. The van der Waals surface area contributed by atoms with Gasteiger partial charge in [-0.05, 0) is 36.4 Å². The second-order valence-corrected chi connectivity index (χ2v) is 7.72. The summed E-state index contributed by atoms with van der Waals surface area (Å²) >= 11 is 5.97. The summed E-state index contributed by atoms with van der Waals surface area (Å²) in [5.74, 6) is -1.25. The van der Waals surface area contributed by atoms with E-state index in [9.17, 15) is 19.1 Å². The van der Waals surface area contributed by atoms with Crippen LogP contribution in [0.3, 0.4) is 0 Å². The molecular weight excluding hydrogens is 449 g/mol. The van der Waals surface area contributed by atoms with Crippen LogP contribution in [0.25, 0.3) is 16.9 Å². The fourth-order valence-electron chi connectivity index (χ4n) is 3.29. The van der Waals surface area contributed by atoms with Gasteiger partial charge in [-0.15, -0.1) is 0 Å². The van der Waals surface area contributed by atoms with Gasteiger partial charge >= 0.3 is 0 Å². The van der Waals surface area contributed by atoms with Gasteiger partial charge in [0.15, 0.2) is 0 Å². The molecule has 0 aliphatic rings. The van der Waals surface area contributed by atoms with Gasteiger partial charge in [-0.3, -0.25) is 9.59 Å². The maximum absolute atomic E-state index is 13.8. The first-order valence-electron chi connectivity index (χ1n) is 10.00. The van der Waals surface area contributed by atoms with Crippen molar-refractivity contribution in [3.05, 3.63) is 99.6 Å². The number of aliphatic hydroxyl groups is 1. The van der Waals surface area contributed by atoms with Gasteiger partial charge in [0.05, 0.1) is 30.4 Å². The summed E-state index contributed by atoms with van der Waals surface area (Å²) in [6.07, 6.45) is 3.36. The third-order valence-electron chi connectivity index (χ3n) is 4.93. The topological polar surface area (TPSA) is 113 Å². The summed E-state index contributed by atoms with van der Waals surface area (Å²) in [7, 11) is 0. The van der Waals surface area contributed by atoms with E-state index in [0.29, 0.717) is 22.0 Å². The molecule has 2 aromatic carbocycles. The van der Waals surface area contributed by atoms with E-state index < -0.39 is 23.3 Å². The van der Waals surface area contributed by atoms with Crippen molar-refractivity contribution in [2.24, 2.45) is 0 Å². The van der Waals surface area contributed by atoms with Gasteiger partial charge < -0.3 is 15.4 Å². The Kier molecular flexibility index (Phi) is 6.62. The van der Waals surface area contributed by atoms with Crippen molar-refractivity contribution >= 4 is 17.5 Å². The number of imidazole rings is 1. The quantitative estimate of drug-likeness (QED) is 0.387. The van der Waals surface area contributed by atoms with Crippen molar-refractivity contribution in [2.75, 3.05) is 6.61 Å². The summed E-state index contributed by atoms with van der Waals surface area (Å²) in [6.45, 7) is -0.349. The van der Waals surface area contributed by atoms with Crippen LogP contribution in [-0.4, -0.2) is 43.4 Å². The number of nitrogens with one attached hydrogen (secondary N) is 2. The van der Waals surface area contributed by atoms with E-state index in [1.165, 1.54) is 30.6 Å². The summed E-state index contributed by atoms with van der Waals surface area (Å²) < 4.78 is 14.8. The molecule has 168 valence electrons. The average molecular weight is 468 g/mol. The number of aliphatic hydroxyl groups excluding tert-OH is 1. The molecule has 0 aliphatic carbocycles. The predicted molar refractivity (Wildman–Crippen MR) is 121 cm³/mol. The summed E-state index contributed by atoms with van der Waals surface area (Å²) in [4.78, 5) is 33.0. The standard InChI is InChI=1S/C23H19ClFN5O3/c24-15-6-4-14(5-7-15)21-10-20(22(32)28-18(12-31)9-17-11-26-13-27-17)23(33)30(29-21)19-3-1-2-16(25)8-19/h1-8,10-11,13,18,31H,9,12H2,(H,26,27)(H,28,32)/t18-/m1/s1. The third kappa shape index (κ3) is 5.16. The van der Waals surface area contributed by atoms with Gasteiger partial charge in [-0.25, -0.2) is 9.37 Å². The number of hydrogen-bond donors (Lipinski definition) is 3. The molecule has 0 saturated heterocycles. The van der Waals surface area contributed by atoms with Crippen LogP contribution in [0.15, 0.2) is 71.9 Å². The van der Waals surface area contributed by atoms with Gasteiger partial charge in [0, 0.05) is 28.9 Å². The Morgan fingerprint density at radius 1 is 1.21 bits per heavy atom. The Balaban J connectivity index is 1.76. The van der Waals surface area contributed by atoms with Gasteiger partial charge in [0.25, 0.3) is 11.5 Å². The van der Waals surface area contributed by atoms with E-state index in [4.69, 9.17) is 11.6 Å². The Morgan fingerprint density at radius 2 is 2.00 bits per heavy atom. The van der Waals surface area contributed by atoms with Gasteiger partial charge in [0.1, 0.15) is 11.4 Å². The van der Waals surface area contributed by atoms with E-state index >= 15 is 0 Å². The minimum Gasteiger partial charge on any atom is -0.394 e. The molecule has 0 spiro atoms. The number of aromatic amines is 1. The highest BCUT2D eigenvalue weighted by Gasteiger charge is 2.21. The first-order chi connectivity index (χ1) is 15.9. The Labute approximate surface area is 192 Å². The predicted octanol–water partition coefficient (Wildman–Crippen LogP) is 2.75. The molecule has 1 atom stereocenters. The van der Waals surface area contributed by atoms with Crippen molar-refractivity contribution in [2.45, 2.75) is 12.5 Å². The largest absolute Gasteiger partial charge is 0.394 e. The highest BCUT2D eigenvalue weighted by atomic mass is 35.5. The van der Waals surface area contributed by atoms with Crippen molar-refractivity contribution in [3.8, 4) is 16.9 Å². The molecule has 4 aromatic rings. The Morgan fingerprint density at radius 3 is 2.67 bits per heavy atom. The fraction of sp³-hybridized carbons (Fsp3) is 0.130. The summed E-state index contributed by atoms with van der Waals surface area (Å²) in [5.41, 5.74) is 0.866. The maximum Gasteiger partial charge on any atom is 0.284 e. The number of aromatic nitrogens is 4. The molecule has 2 heterocycles. The highest BCUT2D eigenvalue weighted by molar-refractivity contribution is 6.30. The minimum atomic E-state index is -0.728. The van der Waals surface area contributed by atoms with E-state index in [2.05, 4.69) is 20.4 Å². The Bertz CT molecular complexity index is 1320. The lowest BCUT2D eigenvalue weighted by atomic mass is 10.1. The molecule has 3 N–H and O–H groups in total. The molecule has 33 heavy (non-hydrogen) atoms. The van der Waals surface area contributed by atoms with E-state index in [-0.39, 0.29) is 24.3 Å². The number of halogens is 2. The molecule has 4 rings (SSSR count). The first kappa shape index (κ1) is 22.4. The van der Waals surface area contributed by atoms with Crippen molar-refractivity contribution in [3.63, 3.8) is 0 Å². The number of rotatable bonds is 7. The number of amides is 1. The van der Waals surface area contributed by atoms with E-state index in [0.717, 1.165) is 10.7 Å². The van der Waals surface area contributed by atoms with E-state index in [1.807, 2.05) is 0 Å². The van der Waals surface area contributed by atoms with Gasteiger partial charge in [0.2, 0.25) is 0 Å². The van der Waals surface area contributed by atoms with Crippen LogP contribution in [0.1, 0.15) is 16.1 Å². The van der Waals surface area contributed by atoms with Gasteiger partial charge in [-0.2, -0.15) is 9.78 Å². The number of hydrogen-bond acceptors (Lipinski definition) is 5. The molecule has 2 aromatic heterocycles. The summed E-state index contributed by atoms with van der Waals surface area (Å²) in [6, 6.07) is 12.8. The third-order valence-corrected chi connectivity index (χ3v) is 5.18. The zero-order valence-electron chi connectivity index (χ0n) is 17.2. The molecule has 0 unspecified atom stereocenters. The minimum absolute atomic E-state index is 0.168. The molecule has 0 saturated carbocycles. The number of carbonyl (C=O) groups is 1. The van der Waals surface area contributed by atoms with Crippen molar-refractivity contribution in [1.29, 1.82) is 0 Å². The number of nitrogens with zero attached hydrogens (tertiary/aromatic N) is 3. The lowest BCUT2D eigenvalue weighted by molar-refractivity contribution is 0.0914. The molecule has 8 nitrogen and oxygen atoms in total. The van der Waals surface area contributed by atoms with Crippen LogP contribution in [-0.2, 0) is 6.42 Å². The van der Waals surface area contributed by atoms with E-state index in [1.54, 1.807) is 30.5 Å². The summed E-state index contributed by atoms with van der Waals surface area (Å²) in [5, 5.41) is 17.2. The lowest BCUT2D eigenvalue weighted by Crippen LogP contribution is -2.42. The second kappa shape index (κ2) is 9.76. The van der Waals surface area contributed by atoms with Crippen LogP contribution < -0.4 is 10.9 Å². The monoisotopic (exact) mass is 467 g/mol. The maximum atomic E-state index is 13.8. The normalized spacial score (nSPS) is 11.8. The van der Waals surface area contributed by atoms with Gasteiger partial charge in [-0.1, -0.05) is 29.8 Å². The number of H-pyrrole nitrogens is 1. The zero-order chi connectivity index (χ0) is 23.4. The SMILES string of the molecule is O=C(N[C@@H](CO)Cc1cnc[nH]1)c1cc(-c2ccc(Cl)cc2)nn(-c2cccc(F)c2)c1=O. The lowest BCUT2D eigenvalue weighted by Gasteiger charge is -2.16. The first-order valence-corrected chi connectivity index (χ1v) is 10.4. The smallest absolute Gasteiger partial charge is 0.284 e. The van der Waals surface area contributed by atoms with Crippen LogP contribution in [0.4, 0.5) is 4.39 Å². The molecule has 10 heteroatoms. The Hall–Kier alpha value is -3.82. The van der Waals surface area contributed by atoms with Crippen LogP contribution in [0, 0.1) is 5.82 Å². The van der Waals surface area contributed by atoms with Crippen LogP contribution in [0.2, 0.25) is 5.02 Å². The van der Waals surface area contributed by atoms with Crippen molar-refractivity contribution in [1.82, 2.24) is 25.1 Å². The fourth-order valence-corrected chi connectivity index (χ4v) is 3.41. The molecule has 0 aliphatic heterocycles. The molecule has 0 bridgehead atoms. The molecule has 0 fully saturated rings. The number of benzene rings is 2. The second-order valence-electron chi connectivity index (χ2n) is 7.28. The molecule has 0 radical (unpaired) electrons. The van der Waals surface area contributed by atoms with Crippen LogP contribution in [0.5, 0.6) is 0 Å².